The number of amides is 1. The van der Waals surface area contributed by atoms with Crippen molar-refractivity contribution in [3.63, 3.8) is 0 Å². The van der Waals surface area contributed by atoms with Crippen LogP contribution in [-0.2, 0) is 0 Å². The van der Waals surface area contributed by atoms with Gasteiger partial charge in [-0.2, -0.15) is 0 Å². The van der Waals surface area contributed by atoms with Crippen LogP contribution in [0, 0.1) is 6.92 Å². The summed E-state index contributed by atoms with van der Waals surface area (Å²) in [4.78, 5) is 13.3. The molecule has 1 aromatic rings. The van der Waals surface area contributed by atoms with Crippen molar-refractivity contribution in [3.05, 3.63) is 29.3 Å². The van der Waals surface area contributed by atoms with Gasteiger partial charge in [-0.3, -0.25) is 4.79 Å². The van der Waals surface area contributed by atoms with Gasteiger partial charge in [0.2, 0.25) is 0 Å². The van der Waals surface area contributed by atoms with Crippen molar-refractivity contribution < 1.29 is 9.90 Å². The molecule has 3 N–H and O–H groups in total. The molecule has 0 heterocycles. The fraction of sp³-hybridized carbons (Fsp3) is 0.364. The molecule has 1 aromatic carbocycles. The van der Waals surface area contributed by atoms with Crippen molar-refractivity contribution in [2.45, 2.75) is 6.92 Å². The van der Waals surface area contributed by atoms with Crippen LogP contribution in [-0.4, -0.2) is 36.1 Å². The van der Waals surface area contributed by atoms with Crippen LogP contribution in [0.3, 0.4) is 0 Å². The van der Waals surface area contributed by atoms with Crippen molar-refractivity contribution in [1.82, 2.24) is 4.90 Å². The van der Waals surface area contributed by atoms with E-state index in [1.807, 2.05) is 0 Å². The van der Waals surface area contributed by atoms with Gasteiger partial charge in [-0.25, -0.2) is 0 Å². The zero-order chi connectivity index (χ0) is 11.4. The van der Waals surface area contributed by atoms with Crippen LogP contribution >= 0.6 is 0 Å². The number of benzene rings is 1. The van der Waals surface area contributed by atoms with Crippen molar-refractivity contribution >= 4 is 5.91 Å². The normalized spacial score (nSPS) is 10.1. The average Bonchev–Trinajstić information content (AvgIpc) is 2.21. The van der Waals surface area contributed by atoms with Gasteiger partial charge in [-0.05, 0) is 24.6 Å². The molecule has 0 radical (unpaired) electrons. The molecular formula is C11H16N2O2. The van der Waals surface area contributed by atoms with E-state index in [-0.39, 0.29) is 11.7 Å². The topological polar surface area (TPSA) is 66.6 Å². The second kappa shape index (κ2) is 4.79. The van der Waals surface area contributed by atoms with Gasteiger partial charge in [0, 0.05) is 25.7 Å². The Morgan fingerprint density at radius 1 is 1.53 bits per heavy atom. The van der Waals surface area contributed by atoms with Gasteiger partial charge < -0.3 is 15.7 Å². The Labute approximate surface area is 89.3 Å². The lowest BCUT2D eigenvalue weighted by Gasteiger charge is -2.16. The zero-order valence-corrected chi connectivity index (χ0v) is 9.03. The summed E-state index contributed by atoms with van der Waals surface area (Å²) >= 11 is 0. The average molecular weight is 208 g/mol. The molecule has 82 valence electrons. The highest BCUT2D eigenvalue weighted by molar-refractivity contribution is 5.94. The van der Waals surface area contributed by atoms with E-state index in [1.165, 1.54) is 11.0 Å². The lowest BCUT2D eigenvalue weighted by Crippen LogP contribution is -2.31. The van der Waals surface area contributed by atoms with Crippen molar-refractivity contribution in [3.8, 4) is 5.75 Å². The highest BCUT2D eigenvalue weighted by atomic mass is 16.3. The summed E-state index contributed by atoms with van der Waals surface area (Å²) < 4.78 is 0. The fourth-order valence-electron chi connectivity index (χ4n) is 1.26. The number of nitrogens with zero attached hydrogens (tertiary/aromatic N) is 1. The Kier molecular flexibility index (Phi) is 3.68. The molecule has 0 unspecified atom stereocenters. The van der Waals surface area contributed by atoms with E-state index in [4.69, 9.17) is 5.73 Å². The number of aromatic hydroxyl groups is 1. The lowest BCUT2D eigenvalue weighted by atomic mass is 10.1. The molecule has 0 aliphatic rings. The number of carbonyl (C=O) groups is 1. The molecule has 4 nitrogen and oxygen atoms in total. The molecule has 1 rings (SSSR count). The molecule has 0 aromatic heterocycles. The molecule has 0 spiro atoms. The first-order valence-corrected chi connectivity index (χ1v) is 4.81. The van der Waals surface area contributed by atoms with E-state index < -0.39 is 0 Å². The van der Waals surface area contributed by atoms with Crippen LogP contribution in [0.25, 0.3) is 0 Å². The number of phenols is 1. The van der Waals surface area contributed by atoms with Gasteiger partial charge in [0.05, 0.1) is 0 Å². The standard InChI is InChI=1S/C11H16N2O2/c1-8-3-4-9(7-10(8)14)11(15)13(2)6-5-12/h3-4,7,14H,5-6,12H2,1-2H3. The first kappa shape index (κ1) is 11.5. The Balaban J connectivity index is 2.87. The number of aryl methyl sites for hydroxylation is 1. The summed E-state index contributed by atoms with van der Waals surface area (Å²) in [7, 11) is 1.69. The number of rotatable bonds is 3. The molecule has 0 saturated carbocycles. The smallest absolute Gasteiger partial charge is 0.253 e. The van der Waals surface area contributed by atoms with Crippen molar-refractivity contribution in [2.24, 2.45) is 5.73 Å². The van der Waals surface area contributed by atoms with Gasteiger partial charge in [-0.1, -0.05) is 6.07 Å². The third kappa shape index (κ3) is 2.70. The van der Waals surface area contributed by atoms with E-state index in [9.17, 15) is 9.90 Å². The second-order valence-electron chi connectivity index (χ2n) is 3.52. The maximum atomic E-state index is 11.8. The van der Waals surface area contributed by atoms with Crippen LogP contribution in [0.15, 0.2) is 18.2 Å². The molecule has 0 saturated heterocycles. The van der Waals surface area contributed by atoms with E-state index in [2.05, 4.69) is 0 Å². The van der Waals surface area contributed by atoms with Gasteiger partial charge >= 0.3 is 0 Å². The summed E-state index contributed by atoms with van der Waals surface area (Å²) in [6, 6.07) is 4.90. The molecule has 0 aliphatic heterocycles. The van der Waals surface area contributed by atoms with E-state index in [0.717, 1.165) is 5.56 Å². The molecule has 15 heavy (non-hydrogen) atoms. The van der Waals surface area contributed by atoms with Crippen molar-refractivity contribution in [2.75, 3.05) is 20.1 Å². The quantitative estimate of drug-likeness (QED) is 0.769. The van der Waals surface area contributed by atoms with Crippen LogP contribution in [0.1, 0.15) is 15.9 Å². The second-order valence-corrected chi connectivity index (χ2v) is 3.52. The Morgan fingerprint density at radius 3 is 2.73 bits per heavy atom. The third-order valence-electron chi connectivity index (χ3n) is 2.27. The maximum absolute atomic E-state index is 11.8. The van der Waals surface area contributed by atoms with Crippen LogP contribution < -0.4 is 5.73 Å². The van der Waals surface area contributed by atoms with Gasteiger partial charge in [0.15, 0.2) is 0 Å². The fourth-order valence-corrected chi connectivity index (χ4v) is 1.26. The summed E-state index contributed by atoms with van der Waals surface area (Å²) in [6.07, 6.45) is 0. The molecular weight excluding hydrogens is 192 g/mol. The Morgan fingerprint density at radius 2 is 2.20 bits per heavy atom. The van der Waals surface area contributed by atoms with E-state index in [1.54, 1.807) is 26.1 Å². The molecule has 4 heteroatoms. The minimum Gasteiger partial charge on any atom is -0.508 e. The van der Waals surface area contributed by atoms with E-state index in [0.29, 0.717) is 18.7 Å². The summed E-state index contributed by atoms with van der Waals surface area (Å²) in [5, 5.41) is 9.47. The lowest BCUT2D eigenvalue weighted by molar-refractivity contribution is 0.0798. The van der Waals surface area contributed by atoms with Crippen LogP contribution in [0.2, 0.25) is 0 Å². The number of likely N-dealkylation sites (N-methyl/N-ethyl adjacent to an activating group) is 1. The minimum atomic E-state index is -0.129. The SMILES string of the molecule is Cc1ccc(C(=O)N(C)CCN)cc1O. The number of phenolic OH excluding ortho intramolecular Hbond substituents is 1. The molecule has 0 bridgehead atoms. The van der Waals surface area contributed by atoms with E-state index >= 15 is 0 Å². The monoisotopic (exact) mass is 208 g/mol. The predicted molar refractivity (Wildman–Crippen MR) is 58.9 cm³/mol. The number of hydrogen-bond donors (Lipinski definition) is 2. The Bertz CT molecular complexity index is 364. The summed E-state index contributed by atoms with van der Waals surface area (Å²) in [5.41, 5.74) is 6.59. The van der Waals surface area contributed by atoms with Gasteiger partial charge in [0.1, 0.15) is 5.75 Å². The van der Waals surface area contributed by atoms with Crippen molar-refractivity contribution in [1.29, 1.82) is 0 Å². The summed E-state index contributed by atoms with van der Waals surface area (Å²) in [6.45, 7) is 2.72. The van der Waals surface area contributed by atoms with Gasteiger partial charge in [0.25, 0.3) is 5.91 Å². The highest BCUT2D eigenvalue weighted by Gasteiger charge is 2.11. The minimum absolute atomic E-state index is 0.129. The molecule has 0 aliphatic carbocycles. The summed E-state index contributed by atoms with van der Waals surface area (Å²) in [5.74, 6) is 0.0118. The maximum Gasteiger partial charge on any atom is 0.253 e. The number of hydrogen-bond acceptors (Lipinski definition) is 3. The number of nitrogens with two attached hydrogens (primary N) is 1. The molecule has 0 atom stereocenters. The van der Waals surface area contributed by atoms with Crippen LogP contribution in [0.4, 0.5) is 0 Å². The van der Waals surface area contributed by atoms with Crippen LogP contribution in [0.5, 0.6) is 5.75 Å². The Hall–Kier alpha value is -1.55. The third-order valence-corrected chi connectivity index (χ3v) is 2.27. The molecule has 1 amide bonds. The first-order chi connectivity index (χ1) is 7.06. The van der Waals surface area contributed by atoms with Gasteiger partial charge in [-0.15, -0.1) is 0 Å². The number of carbonyl (C=O) groups excluding carboxylic acids is 1. The first-order valence-electron chi connectivity index (χ1n) is 4.81. The molecule has 0 fully saturated rings. The zero-order valence-electron chi connectivity index (χ0n) is 9.03. The largest absolute Gasteiger partial charge is 0.508 e. The predicted octanol–water partition coefficient (Wildman–Crippen LogP) is 0.731. The highest BCUT2D eigenvalue weighted by Crippen LogP contribution is 2.18.